The fourth-order valence-corrected chi connectivity index (χ4v) is 6.11. The first-order valence-corrected chi connectivity index (χ1v) is 22.7. The molecule has 0 rings (SSSR count). The van der Waals surface area contributed by atoms with Gasteiger partial charge in [-0.25, -0.2) is 4.57 Å². The lowest BCUT2D eigenvalue weighted by Gasteiger charge is -2.20. The normalized spacial score (nSPS) is 14.5. The van der Waals surface area contributed by atoms with E-state index in [1.165, 1.54) is 64.2 Å². The van der Waals surface area contributed by atoms with Crippen LogP contribution >= 0.6 is 7.82 Å². The molecular weight excluding hydrogens is 719 g/mol. The Morgan fingerprint density at radius 3 is 1.49 bits per heavy atom. The SMILES string of the molecule is CCCCC/C=C/C/C=C/C/C=C/CCCCCCC(=O)OC[C@H](COP(=O)(O)OC[C@@H](O)CO)OC(=O)CCCC/C=C/C/C=C/CCCCCCCC. The van der Waals surface area contributed by atoms with Crippen LogP contribution in [0.15, 0.2) is 60.8 Å². The molecule has 0 heterocycles. The van der Waals surface area contributed by atoms with Crippen molar-refractivity contribution < 1.29 is 47.8 Å². The minimum atomic E-state index is -4.63. The number of allylic oxidation sites excluding steroid dienone is 10. The number of aliphatic hydroxyl groups excluding tert-OH is 2. The Kier molecular flexibility index (Phi) is 38.2. The molecule has 11 heteroatoms. The Labute approximate surface area is 334 Å². The van der Waals surface area contributed by atoms with Gasteiger partial charge in [-0.2, -0.15) is 0 Å². The fourth-order valence-electron chi connectivity index (χ4n) is 5.32. The highest BCUT2D eigenvalue weighted by Crippen LogP contribution is 2.43. The van der Waals surface area contributed by atoms with Crippen LogP contribution in [0.4, 0.5) is 0 Å². The number of hydrogen-bond donors (Lipinski definition) is 3. The van der Waals surface area contributed by atoms with Crippen molar-refractivity contribution in [2.24, 2.45) is 0 Å². The molecule has 3 N–H and O–H groups in total. The van der Waals surface area contributed by atoms with Gasteiger partial charge in [0.25, 0.3) is 0 Å². The third-order valence-electron chi connectivity index (χ3n) is 8.64. The van der Waals surface area contributed by atoms with Crippen LogP contribution in [0.1, 0.15) is 168 Å². The maximum Gasteiger partial charge on any atom is 0.472 e. The Bertz CT molecular complexity index is 1100. The van der Waals surface area contributed by atoms with Crippen molar-refractivity contribution in [2.75, 3.05) is 26.4 Å². The van der Waals surface area contributed by atoms with Gasteiger partial charge in [0.2, 0.25) is 0 Å². The van der Waals surface area contributed by atoms with Crippen molar-refractivity contribution in [1.82, 2.24) is 0 Å². The summed E-state index contributed by atoms with van der Waals surface area (Å²) in [7, 11) is -4.63. The largest absolute Gasteiger partial charge is 0.472 e. The van der Waals surface area contributed by atoms with E-state index in [2.05, 4.69) is 79.1 Å². The molecule has 0 bridgehead atoms. The first-order valence-electron chi connectivity index (χ1n) is 21.2. The number of aliphatic hydroxyl groups is 2. The summed E-state index contributed by atoms with van der Waals surface area (Å²) in [5.41, 5.74) is 0. The molecule has 0 fully saturated rings. The smallest absolute Gasteiger partial charge is 0.462 e. The molecule has 0 aliphatic heterocycles. The molecule has 0 saturated heterocycles. The van der Waals surface area contributed by atoms with Crippen molar-refractivity contribution in [1.29, 1.82) is 0 Å². The minimum Gasteiger partial charge on any atom is -0.462 e. The van der Waals surface area contributed by atoms with Gasteiger partial charge in [0.15, 0.2) is 6.10 Å². The van der Waals surface area contributed by atoms with E-state index in [0.717, 1.165) is 64.2 Å². The number of rotatable bonds is 39. The van der Waals surface area contributed by atoms with Gasteiger partial charge < -0.3 is 24.6 Å². The molecule has 55 heavy (non-hydrogen) atoms. The van der Waals surface area contributed by atoms with Crippen LogP contribution in [0.3, 0.4) is 0 Å². The van der Waals surface area contributed by atoms with Crippen LogP contribution < -0.4 is 0 Å². The van der Waals surface area contributed by atoms with Crippen LogP contribution in [0.5, 0.6) is 0 Å². The van der Waals surface area contributed by atoms with Gasteiger partial charge in [-0.15, -0.1) is 0 Å². The molecule has 0 spiro atoms. The van der Waals surface area contributed by atoms with E-state index >= 15 is 0 Å². The maximum absolute atomic E-state index is 12.6. The molecule has 0 amide bonds. The lowest BCUT2D eigenvalue weighted by atomic mass is 10.1. The summed E-state index contributed by atoms with van der Waals surface area (Å²) in [6.45, 7) is 2.27. The Balaban J connectivity index is 4.42. The van der Waals surface area contributed by atoms with E-state index in [1.807, 2.05) is 0 Å². The van der Waals surface area contributed by atoms with E-state index in [1.54, 1.807) is 0 Å². The van der Waals surface area contributed by atoms with E-state index in [9.17, 15) is 24.2 Å². The second-order valence-electron chi connectivity index (χ2n) is 14.0. The Morgan fingerprint density at radius 2 is 0.945 bits per heavy atom. The molecule has 3 atom stereocenters. The number of carbonyl (C=O) groups is 2. The lowest BCUT2D eigenvalue weighted by Crippen LogP contribution is -2.29. The quantitative estimate of drug-likeness (QED) is 0.0237. The van der Waals surface area contributed by atoms with Crippen LogP contribution in [-0.2, 0) is 32.7 Å². The number of unbranched alkanes of at least 4 members (excludes halogenated alkanes) is 15. The highest BCUT2D eigenvalue weighted by Gasteiger charge is 2.27. The first-order chi connectivity index (χ1) is 26.7. The zero-order valence-electron chi connectivity index (χ0n) is 34.4. The zero-order chi connectivity index (χ0) is 40.5. The number of hydrogen-bond acceptors (Lipinski definition) is 9. The Hall–Kier alpha value is -2.33. The number of phosphoric acid groups is 1. The minimum absolute atomic E-state index is 0.134. The molecule has 0 aliphatic rings. The molecule has 0 aromatic carbocycles. The molecule has 0 saturated carbocycles. The number of esters is 2. The number of phosphoric ester groups is 1. The van der Waals surface area contributed by atoms with Gasteiger partial charge in [0.1, 0.15) is 12.7 Å². The third kappa shape index (κ3) is 39.7. The predicted molar refractivity (Wildman–Crippen MR) is 224 cm³/mol. The summed E-state index contributed by atoms with van der Waals surface area (Å²) in [5, 5.41) is 18.3. The summed E-state index contributed by atoms with van der Waals surface area (Å²) in [6.07, 6.45) is 43.3. The summed E-state index contributed by atoms with van der Waals surface area (Å²) in [5.74, 6) is -0.992. The fraction of sp³-hybridized carbons (Fsp3) is 0.727. The van der Waals surface area contributed by atoms with Gasteiger partial charge >= 0.3 is 19.8 Å². The summed E-state index contributed by atoms with van der Waals surface area (Å²) < 4.78 is 32.6. The molecule has 0 radical (unpaired) electrons. The topological polar surface area (TPSA) is 149 Å². The van der Waals surface area contributed by atoms with Gasteiger partial charge in [-0.3, -0.25) is 18.6 Å². The van der Waals surface area contributed by atoms with Crippen molar-refractivity contribution in [3.05, 3.63) is 60.8 Å². The van der Waals surface area contributed by atoms with Crippen LogP contribution in [0.2, 0.25) is 0 Å². The van der Waals surface area contributed by atoms with Gasteiger partial charge in [0, 0.05) is 12.8 Å². The standard InChI is InChI=1S/C44H77O10P/c1-3-5-7-9-11-13-15-17-19-20-22-23-25-27-29-31-33-35-43(47)51-39-42(40-53-55(49,50)52-38-41(46)37-45)54-44(48)36-34-32-30-28-26-24-21-18-16-14-12-10-8-6-4-2/h11,13,17-19,21-23,26,28,41-42,45-46H,3-10,12,14-16,20,24-25,27,29-40H2,1-2H3,(H,49,50)/b13-11+,19-17+,21-18+,23-22+,28-26+/t41-,42+/m0/s1. The molecule has 10 nitrogen and oxygen atoms in total. The van der Waals surface area contributed by atoms with Gasteiger partial charge in [-0.05, 0) is 83.5 Å². The summed E-state index contributed by atoms with van der Waals surface area (Å²) >= 11 is 0. The van der Waals surface area contributed by atoms with Crippen molar-refractivity contribution in [3.63, 3.8) is 0 Å². The van der Waals surface area contributed by atoms with E-state index in [-0.39, 0.29) is 19.4 Å². The zero-order valence-corrected chi connectivity index (χ0v) is 35.3. The summed E-state index contributed by atoms with van der Waals surface area (Å²) in [6, 6.07) is 0. The van der Waals surface area contributed by atoms with Crippen molar-refractivity contribution >= 4 is 19.8 Å². The van der Waals surface area contributed by atoms with Crippen LogP contribution in [0.25, 0.3) is 0 Å². The lowest BCUT2D eigenvalue weighted by molar-refractivity contribution is -0.161. The molecule has 318 valence electrons. The molecular formula is C44H77O10P. The van der Waals surface area contributed by atoms with Gasteiger partial charge in [0.05, 0.1) is 19.8 Å². The van der Waals surface area contributed by atoms with E-state index < -0.39 is 51.8 Å². The van der Waals surface area contributed by atoms with E-state index in [0.29, 0.717) is 12.8 Å². The van der Waals surface area contributed by atoms with Crippen LogP contribution in [-0.4, -0.2) is 65.7 Å². The predicted octanol–water partition coefficient (Wildman–Crippen LogP) is 11.1. The first kappa shape index (κ1) is 52.7. The molecule has 0 aliphatic carbocycles. The Morgan fingerprint density at radius 1 is 0.545 bits per heavy atom. The molecule has 0 aromatic rings. The average Bonchev–Trinajstić information content (AvgIpc) is 3.17. The average molecular weight is 797 g/mol. The molecule has 0 aromatic heterocycles. The van der Waals surface area contributed by atoms with Crippen molar-refractivity contribution in [2.45, 2.75) is 180 Å². The maximum atomic E-state index is 12.6. The highest BCUT2D eigenvalue weighted by molar-refractivity contribution is 7.47. The second-order valence-corrected chi connectivity index (χ2v) is 15.5. The van der Waals surface area contributed by atoms with E-state index in [4.69, 9.17) is 19.1 Å². The third-order valence-corrected chi connectivity index (χ3v) is 9.60. The summed E-state index contributed by atoms with van der Waals surface area (Å²) in [4.78, 5) is 34.9. The second kappa shape index (κ2) is 39.9. The van der Waals surface area contributed by atoms with Gasteiger partial charge in [-0.1, -0.05) is 132 Å². The van der Waals surface area contributed by atoms with Crippen LogP contribution in [0, 0.1) is 0 Å². The number of carbonyl (C=O) groups excluding carboxylic acids is 2. The molecule has 1 unspecified atom stereocenters. The highest BCUT2D eigenvalue weighted by atomic mass is 31.2. The van der Waals surface area contributed by atoms with Crippen molar-refractivity contribution in [3.8, 4) is 0 Å². The number of ether oxygens (including phenoxy) is 2. The monoisotopic (exact) mass is 797 g/mol.